The summed E-state index contributed by atoms with van der Waals surface area (Å²) in [7, 11) is -1.14. The van der Waals surface area contributed by atoms with Gasteiger partial charge in [-0.25, -0.2) is 0 Å². The SMILES string of the molecule is Cc1cccc(CS(=O)CC(=O)c2cccs2)c1. The maximum absolute atomic E-state index is 11.9. The molecule has 1 aromatic carbocycles. The van der Waals surface area contributed by atoms with Crippen LogP contribution in [0.3, 0.4) is 0 Å². The Hall–Kier alpha value is -1.26. The molecule has 0 aliphatic heterocycles. The molecule has 18 heavy (non-hydrogen) atoms. The molecule has 1 atom stereocenters. The van der Waals surface area contributed by atoms with E-state index in [-0.39, 0.29) is 11.5 Å². The van der Waals surface area contributed by atoms with Crippen molar-refractivity contribution in [2.45, 2.75) is 12.7 Å². The number of benzene rings is 1. The van der Waals surface area contributed by atoms with Gasteiger partial charge in [-0.1, -0.05) is 35.9 Å². The van der Waals surface area contributed by atoms with Gasteiger partial charge >= 0.3 is 0 Å². The summed E-state index contributed by atoms with van der Waals surface area (Å²) in [6.07, 6.45) is 0. The number of carbonyl (C=O) groups is 1. The van der Waals surface area contributed by atoms with E-state index in [4.69, 9.17) is 0 Å². The third-order valence-electron chi connectivity index (χ3n) is 2.50. The van der Waals surface area contributed by atoms with Gasteiger partial charge in [-0.05, 0) is 23.9 Å². The van der Waals surface area contributed by atoms with Crippen molar-refractivity contribution in [1.82, 2.24) is 0 Å². The normalized spacial score (nSPS) is 12.3. The van der Waals surface area contributed by atoms with Crippen molar-refractivity contribution in [3.8, 4) is 0 Å². The van der Waals surface area contributed by atoms with Crippen LogP contribution in [0.2, 0.25) is 0 Å². The predicted molar refractivity (Wildman–Crippen MR) is 76.5 cm³/mol. The number of hydrogen-bond donors (Lipinski definition) is 0. The lowest BCUT2D eigenvalue weighted by molar-refractivity contribution is 0.102. The van der Waals surface area contributed by atoms with E-state index in [0.717, 1.165) is 11.1 Å². The van der Waals surface area contributed by atoms with Crippen LogP contribution in [-0.4, -0.2) is 15.7 Å². The first-order valence-electron chi connectivity index (χ1n) is 5.62. The van der Waals surface area contributed by atoms with E-state index in [0.29, 0.717) is 10.6 Å². The molecule has 0 N–H and O–H groups in total. The van der Waals surface area contributed by atoms with Crippen molar-refractivity contribution < 1.29 is 9.00 Å². The minimum Gasteiger partial charge on any atom is -0.292 e. The Morgan fingerprint density at radius 3 is 2.78 bits per heavy atom. The number of Topliss-reactive ketones (excluding diaryl/α,β-unsaturated/α-hetero) is 1. The van der Waals surface area contributed by atoms with E-state index in [1.54, 1.807) is 6.07 Å². The van der Waals surface area contributed by atoms with Gasteiger partial charge in [-0.15, -0.1) is 11.3 Å². The van der Waals surface area contributed by atoms with Gasteiger partial charge in [0, 0.05) is 16.6 Å². The van der Waals surface area contributed by atoms with E-state index in [9.17, 15) is 9.00 Å². The average molecular weight is 278 g/mol. The molecule has 1 heterocycles. The topological polar surface area (TPSA) is 34.1 Å². The summed E-state index contributed by atoms with van der Waals surface area (Å²) >= 11 is 1.40. The molecular weight excluding hydrogens is 264 g/mol. The first-order valence-corrected chi connectivity index (χ1v) is 7.99. The molecule has 0 bridgehead atoms. The van der Waals surface area contributed by atoms with Gasteiger partial charge in [0.1, 0.15) is 0 Å². The summed E-state index contributed by atoms with van der Waals surface area (Å²) in [6, 6.07) is 11.5. The molecule has 0 radical (unpaired) electrons. The van der Waals surface area contributed by atoms with Gasteiger partial charge < -0.3 is 0 Å². The van der Waals surface area contributed by atoms with Crippen LogP contribution < -0.4 is 0 Å². The lowest BCUT2D eigenvalue weighted by Gasteiger charge is -2.02. The van der Waals surface area contributed by atoms with E-state index in [1.807, 2.05) is 42.6 Å². The highest BCUT2D eigenvalue weighted by Gasteiger charge is 2.11. The third-order valence-corrected chi connectivity index (χ3v) is 4.65. The molecule has 2 rings (SSSR count). The Morgan fingerprint density at radius 1 is 1.28 bits per heavy atom. The average Bonchev–Trinajstić information content (AvgIpc) is 2.81. The summed E-state index contributed by atoms with van der Waals surface area (Å²) in [5, 5.41) is 1.86. The van der Waals surface area contributed by atoms with Gasteiger partial charge in [0.25, 0.3) is 0 Å². The predicted octanol–water partition coefficient (Wildman–Crippen LogP) is 3.19. The smallest absolute Gasteiger partial charge is 0.185 e. The Morgan fingerprint density at radius 2 is 2.11 bits per heavy atom. The molecule has 0 aliphatic rings. The number of hydrogen-bond acceptors (Lipinski definition) is 3. The van der Waals surface area contributed by atoms with Crippen LogP contribution in [0.25, 0.3) is 0 Å². The Balaban J connectivity index is 1.95. The molecule has 1 unspecified atom stereocenters. The lowest BCUT2D eigenvalue weighted by atomic mass is 10.2. The Labute approximate surface area is 113 Å². The van der Waals surface area contributed by atoms with Crippen LogP contribution in [0.5, 0.6) is 0 Å². The summed E-state index contributed by atoms with van der Waals surface area (Å²) in [5.41, 5.74) is 2.17. The van der Waals surface area contributed by atoms with Gasteiger partial charge in [0.15, 0.2) is 5.78 Å². The van der Waals surface area contributed by atoms with Crippen LogP contribution in [0.1, 0.15) is 20.8 Å². The van der Waals surface area contributed by atoms with Crippen LogP contribution in [0.4, 0.5) is 0 Å². The highest BCUT2D eigenvalue weighted by molar-refractivity contribution is 7.85. The molecule has 1 aromatic heterocycles. The fourth-order valence-electron chi connectivity index (χ4n) is 1.69. The summed E-state index contributed by atoms with van der Waals surface area (Å²) < 4.78 is 11.9. The fraction of sp³-hybridized carbons (Fsp3) is 0.214. The van der Waals surface area contributed by atoms with Crippen LogP contribution in [0.15, 0.2) is 41.8 Å². The van der Waals surface area contributed by atoms with Crippen LogP contribution in [0, 0.1) is 6.92 Å². The first kappa shape index (κ1) is 13.2. The minimum atomic E-state index is -1.14. The van der Waals surface area contributed by atoms with Gasteiger partial charge in [-0.3, -0.25) is 9.00 Å². The number of thiophene rings is 1. The van der Waals surface area contributed by atoms with E-state index in [1.165, 1.54) is 11.3 Å². The van der Waals surface area contributed by atoms with Crippen LogP contribution in [-0.2, 0) is 16.6 Å². The minimum absolute atomic E-state index is 0.0315. The van der Waals surface area contributed by atoms with E-state index < -0.39 is 10.8 Å². The second kappa shape index (κ2) is 6.07. The monoisotopic (exact) mass is 278 g/mol. The second-order valence-electron chi connectivity index (χ2n) is 4.12. The maximum Gasteiger partial charge on any atom is 0.185 e. The summed E-state index contributed by atoms with van der Waals surface area (Å²) in [5.74, 6) is 0.517. The van der Waals surface area contributed by atoms with Gasteiger partial charge in [-0.2, -0.15) is 0 Å². The number of rotatable bonds is 5. The van der Waals surface area contributed by atoms with Crippen molar-refractivity contribution in [1.29, 1.82) is 0 Å². The fourth-order valence-corrected chi connectivity index (χ4v) is 3.55. The van der Waals surface area contributed by atoms with Crippen molar-refractivity contribution in [3.63, 3.8) is 0 Å². The number of carbonyl (C=O) groups excluding carboxylic acids is 1. The molecule has 0 spiro atoms. The highest BCUT2D eigenvalue weighted by Crippen LogP contribution is 2.12. The molecule has 0 aliphatic carbocycles. The molecule has 2 aromatic rings. The molecular formula is C14H14O2S2. The molecule has 4 heteroatoms. The van der Waals surface area contributed by atoms with Crippen molar-refractivity contribution >= 4 is 27.9 Å². The molecule has 94 valence electrons. The van der Waals surface area contributed by atoms with Crippen LogP contribution >= 0.6 is 11.3 Å². The molecule has 0 fully saturated rings. The van der Waals surface area contributed by atoms with Crippen molar-refractivity contribution in [2.24, 2.45) is 0 Å². The van der Waals surface area contributed by atoms with Crippen molar-refractivity contribution in [3.05, 3.63) is 57.8 Å². The number of aryl methyl sites for hydroxylation is 1. The van der Waals surface area contributed by atoms with Gasteiger partial charge in [0.2, 0.25) is 0 Å². The zero-order valence-electron chi connectivity index (χ0n) is 10.1. The summed E-state index contributed by atoms with van der Waals surface area (Å²) in [4.78, 5) is 12.5. The Bertz CT molecular complexity index is 559. The second-order valence-corrected chi connectivity index (χ2v) is 6.52. The standard InChI is InChI=1S/C14H14O2S2/c1-11-4-2-5-12(8-11)9-18(16)10-13(15)14-6-3-7-17-14/h2-8H,9-10H2,1H3. The highest BCUT2D eigenvalue weighted by atomic mass is 32.2. The maximum atomic E-state index is 11.9. The lowest BCUT2D eigenvalue weighted by Crippen LogP contribution is -2.11. The molecule has 0 saturated carbocycles. The Kier molecular flexibility index (Phi) is 4.44. The van der Waals surface area contributed by atoms with Crippen molar-refractivity contribution in [2.75, 3.05) is 5.75 Å². The zero-order chi connectivity index (χ0) is 13.0. The van der Waals surface area contributed by atoms with E-state index >= 15 is 0 Å². The zero-order valence-corrected chi connectivity index (χ0v) is 11.7. The molecule has 0 amide bonds. The van der Waals surface area contributed by atoms with Gasteiger partial charge in [0.05, 0.1) is 10.6 Å². The third kappa shape index (κ3) is 3.62. The van der Waals surface area contributed by atoms with E-state index in [2.05, 4.69) is 0 Å². The first-order chi connectivity index (χ1) is 8.65. The quantitative estimate of drug-likeness (QED) is 0.787. The largest absolute Gasteiger partial charge is 0.292 e. The molecule has 2 nitrogen and oxygen atoms in total. The number of ketones is 1. The summed E-state index contributed by atoms with van der Waals surface area (Å²) in [6.45, 7) is 2.00. The molecule has 0 saturated heterocycles.